The van der Waals surface area contributed by atoms with Gasteiger partial charge in [0.2, 0.25) is 0 Å². The lowest BCUT2D eigenvalue weighted by Gasteiger charge is -2.07. The maximum atomic E-state index is 12.3. The highest BCUT2D eigenvalue weighted by Gasteiger charge is 2.09. The van der Waals surface area contributed by atoms with E-state index in [-0.39, 0.29) is 5.91 Å². The molecule has 0 bridgehead atoms. The van der Waals surface area contributed by atoms with Crippen molar-refractivity contribution in [2.24, 2.45) is 0 Å². The number of pyridine rings is 1. The van der Waals surface area contributed by atoms with E-state index in [0.29, 0.717) is 23.8 Å². The van der Waals surface area contributed by atoms with E-state index < -0.39 is 0 Å². The van der Waals surface area contributed by atoms with Crippen LogP contribution in [0.4, 0.5) is 11.5 Å². The largest absolute Gasteiger partial charge is 0.360 e. The van der Waals surface area contributed by atoms with Crippen molar-refractivity contribution in [3.8, 4) is 0 Å². The van der Waals surface area contributed by atoms with Gasteiger partial charge in [0.25, 0.3) is 5.91 Å². The van der Waals surface area contributed by atoms with Gasteiger partial charge in [0.15, 0.2) is 5.82 Å². The van der Waals surface area contributed by atoms with Crippen molar-refractivity contribution < 1.29 is 9.32 Å². The second-order valence-corrected chi connectivity index (χ2v) is 5.55. The average Bonchev–Trinajstić information content (AvgIpc) is 2.99. The van der Waals surface area contributed by atoms with E-state index in [0.717, 1.165) is 11.3 Å². The molecular formula is C18H18N4O2. The summed E-state index contributed by atoms with van der Waals surface area (Å²) < 4.78 is 5.00. The molecule has 2 N–H and O–H groups in total. The van der Waals surface area contributed by atoms with Gasteiger partial charge < -0.3 is 15.2 Å². The zero-order chi connectivity index (χ0) is 16.9. The van der Waals surface area contributed by atoms with Gasteiger partial charge in [-0.1, -0.05) is 35.0 Å². The zero-order valence-electron chi connectivity index (χ0n) is 13.5. The predicted molar refractivity (Wildman–Crippen MR) is 91.1 cm³/mol. The van der Waals surface area contributed by atoms with Gasteiger partial charge in [-0.05, 0) is 31.5 Å². The summed E-state index contributed by atoms with van der Waals surface area (Å²) >= 11 is 0. The Morgan fingerprint density at radius 2 is 1.92 bits per heavy atom. The molecule has 0 spiro atoms. The molecule has 0 saturated heterocycles. The van der Waals surface area contributed by atoms with Crippen LogP contribution in [0.3, 0.4) is 0 Å². The number of anilines is 2. The quantitative estimate of drug-likeness (QED) is 0.753. The maximum absolute atomic E-state index is 12.3. The minimum Gasteiger partial charge on any atom is -0.360 e. The molecule has 0 radical (unpaired) electrons. The number of nitrogens with one attached hydrogen (secondary N) is 2. The molecule has 24 heavy (non-hydrogen) atoms. The standard InChI is InChI=1S/C18H18N4O2/c1-12-3-5-14(6-4-12)11-20-18(23)16-10-15(7-8-19-16)21-17-9-13(2)24-22-17/h3-10H,11H2,1-2H3,(H,20,23)(H,19,21,22). The fourth-order valence-corrected chi connectivity index (χ4v) is 2.18. The van der Waals surface area contributed by atoms with E-state index >= 15 is 0 Å². The van der Waals surface area contributed by atoms with Gasteiger partial charge in [0, 0.05) is 24.5 Å². The molecule has 0 saturated carbocycles. The fraction of sp³-hybridized carbons (Fsp3) is 0.167. The molecule has 122 valence electrons. The predicted octanol–water partition coefficient (Wildman–Crippen LogP) is 3.36. The first-order valence-electron chi connectivity index (χ1n) is 7.60. The van der Waals surface area contributed by atoms with Crippen molar-refractivity contribution in [1.82, 2.24) is 15.5 Å². The molecule has 0 atom stereocenters. The molecule has 6 heteroatoms. The molecule has 0 aliphatic carbocycles. The van der Waals surface area contributed by atoms with Gasteiger partial charge in [0.1, 0.15) is 11.5 Å². The number of hydrogen-bond donors (Lipinski definition) is 2. The minimum atomic E-state index is -0.226. The van der Waals surface area contributed by atoms with Crippen LogP contribution < -0.4 is 10.6 Å². The summed E-state index contributed by atoms with van der Waals surface area (Å²) in [6, 6.07) is 13.2. The zero-order valence-corrected chi connectivity index (χ0v) is 13.5. The van der Waals surface area contributed by atoms with Crippen molar-refractivity contribution in [3.05, 3.63) is 71.2 Å². The van der Waals surface area contributed by atoms with Crippen LogP contribution in [-0.2, 0) is 6.54 Å². The number of nitrogens with zero attached hydrogens (tertiary/aromatic N) is 2. The van der Waals surface area contributed by atoms with Crippen molar-refractivity contribution in [1.29, 1.82) is 0 Å². The molecule has 2 heterocycles. The molecule has 6 nitrogen and oxygen atoms in total. The lowest BCUT2D eigenvalue weighted by atomic mass is 10.1. The summed E-state index contributed by atoms with van der Waals surface area (Å²) in [7, 11) is 0. The Morgan fingerprint density at radius 1 is 1.12 bits per heavy atom. The smallest absolute Gasteiger partial charge is 0.270 e. The van der Waals surface area contributed by atoms with Crippen LogP contribution in [0, 0.1) is 13.8 Å². The SMILES string of the molecule is Cc1ccc(CNC(=O)c2cc(Nc3cc(C)on3)ccn2)cc1. The Kier molecular flexibility index (Phi) is 4.56. The van der Waals surface area contributed by atoms with Gasteiger partial charge in [0.05, 0.1) is 0 Å². The van der Waals surface area contributed by atoms with E-state index in [1.165, 1.54) is 5.56 Å². The molecular weight excluding hydrogens is 304 g/mol. The number of carbonyl (C=O) groups excluding carboxylic acids is 1. The van der Waals surface area contributed by atoms with Crippen LogP contribution in [-0.4, -0.2) is 16.0 Å². The molecule has 0 unspecified atom stereocenters. The number of hydrogen-bond acceptors (Lipinski definition) is 5. The number of aromatic nitrogens is 2. The summed E-state index contributed by atoms with van der Waals surface area (Å²) in [5.74, 6) is 1.07. The summed E-state index contributed by atoms with van der Waals surface area (Å²) in [6.07, 6.45) is 1.58. The summed E-state index contributed by atoms with van der Waals surface area (Å²) in [4.78, 5) is 16.4. The summed E-state index contributed by atoms with van der Waals surface area (Å²) in [5.41, 5.74) is 3.29. The van der Waals surface area contributed by atoms with Gasteiger partial charge in [-0.25, -0.2) is 0 Å². The Bertz CT molecular complexity index is 840. The summed E-state index contributed by atoms with van der Waals surface area (Å²) in [5, 5.41) is 9.80. The van der Waals surface area contributed by atoms with Gasteiger partial charge in [-0.2, -0.15) is 0 Å². The average molecular weight is 322 g/mol. The Morgan fingerprint density at radius 3 is 2.62 bits per heavy atom. The van der Waals surface area contributed by atoms with Gasteiger partial charge in [-0.15, -0.1) is 0 Å². The molecule has 0 aliphatic heterocycles. The second-order valence-electron chi connectivity index (χ2n) is 5.55. The van der Waals surface area contributed by atoms with Crippen LogP contribution in [0.25, 0.3) is 0 Å². The van der Waals surface area contributed by atoms with Crippen molar-refractivity contribution >= 4 is 17.4 Å². The normalized spacial score (nSPS) is 10.4. The molecule has 0 fully saturated rings. The van der Waals surface area contributed by atoms with Crippen LogP contribution >= 0.6 is 0 Å². The van der Waals surface area contributed by atoms with E-state index in [1.807, 2.05) is 38.1 Å². The highest BCUT2D eigenvalue weighted by atomic mass is 16.5. The minimum absolute atomic E-state index is 0.226. The molecule has 1 amide bonds. The highest BCUT2D eigenvalue weighted by molar-refractivity contribution is 5.93. The van der Waals surface area contributed by atoms with Crippen LogP contribution in [0.1, 0.15) is 27.4 Å². The molecule has 3 rings (SSSR count). The first-order chi connectivity index (χ1) is 11.6. The first kappa shape index (κ1) is 15.7. The second kappa shape index (κ2) is 6.95. The van der Waals surface area contributed by atoms with E-state index in [2.05, 4.69) is 20.8 Å². The molecule has 2 aromatic heterocycles. The summed E-state index contributed by atoms with van der Waals surface area (Å²) in [6.45, 7) is 4.30. The number of aryl methyl sites for hydroxylation is 2. The van der Waals surface area contributed by atoms with Gasteiger partial charge in [-0.3, -0.25) is 9.78 Å². The molecule has 1 aromatic carbocycles. The number of benzene rings is 1. The van der Waals surface area contributed by atoms with E-state index in [4.69, 9.17) is 4.52 Å². The van der Waals surface area contributed by atoms with Crippen LogP contribution in [0.15, 0.2) is 53.2 Å². The maximum Gasteiger partial charge on any atom is 0.270 e. The fourth-order valence-electron chi connectivity index (χ4n) is 2.18. The Balaban J connectivity index is 1.64. The van der Waals surface area contributed by atoms with Crippen molar-refractivity contribution in [2.45, 2.75) is 20.4 Å². The first-order valence-corrected chi connectivity index (χ1v) is 7.60. The third kappa shape index (κ3) is 3.98. The van der Waals surface area contributed by atoms with E-state index in [9.17, 15) is 4.79 Å². The molecule has 3 aromatic rings. The Labute approximate surface area is 139 Å². The lowest BCUT2D eigenvalue weighted by molar-refractivity contribution is 0.0946. The third-order valence-corrected chi connectivity index (χ3v) is 3.47. The monoisotopic (exact) mass is 322 g/mol. The van der Waals surface area contributed by atoms with Gasteiger partial charge >= 0.3 is 0 Å². The van der Waals surface area contributed by atoms with Crippen LogP contribution in [0.2, 0.25) is 0 Å². The number of carbonyl (C=O) groups is 1. The number of rotatable bonds is 5. The highest BCUT2D eigenvalue weighted by Crippen LogP contribution is 2.16. The third-order valence-electron chi connectivity index (χ3n) is 3.47. The topological polar surface area (TPSA) is 80.0 Å². The van der Waals surface area contributed by atoms with E-state index in [1.54, 1.807) is 24.4 Å². The Hall–Kier alpha value is -3.15. The van der Waals surface area contributed by atoms with Crippen molar-refractivity contribution in [2.75, 3.05) is 5.32 Å². The lowest BCUT2D eigenvalue weighted by Crippen LogP contribution is -2.23. The molecule has 0 aliphatic rings. The van der Waals surface area contributed by atoms with Crippen molar-refractivity contribution in [3.63, 3.8) is 0 Å². The van der Waals surface area contributed by atoms with Crippen LogP contribution in [0.5, 0.6) is 0 Å². The number of amides is 1.